The zero-order valence-corrected chi connectivity index (χ0v) is 11.0. The normalized spacial score (nSPS) is 42.4. The zero-order chi connectivity index (χ0) is 11.9. The fourth-order valence-electron chi connectivity index (χ4n) is 3.76. The topological polar surface area (TPSA) is 17.1 Å². The fraction of sp³-hybridized carbons (Fsp3) is 0.800. The fourth-order valence-corrected chi connectivity index (χ4v) is 3.76. The molecule has 90 valence electrons. The van der Waals surface area contributed by atoms with Gasteiger partial charge in [-0.15, -0.1) is 0 Å². The van der Waals surface area contributed by atoms with Crippen LogP contribution in [0, 0.1) is 29.1 Å². The molecule has 0 amide bonds. The molecule has 0 aliphatic heterocycles. The Kier molecular flexibility index (Phi) is 2.98. The number of hydrogen-bond acceptors (Lipinski definition) is 1. The molecule has 2 bridgehead atoms. The Morgan fingerprint density at radius 3 is 2.56 bits per heavy atom. The number of ketones is 1. The van der Waals surface area contributed by atoms with Crippen LogP contribution in [0.25, 0.3) is 0 Å². The standard InChI is InChI=1S/C15H24O/c1-10(2)5-8-14(16)15(4)11(3)12-6-7-13(15)9-12/h5,8,10-13H,6-7,9H2,1-4H3. The molecular formula is C15H24O. The van der Waals surface area contributed by atoms with Gasteiger partial charge in [-0.3, -0.25) is 4.79 Å². The van der Waals surface area contributed by atoms with Gasteiger partial charge in [0.1, 0.15) is 0 Å². The maximum absolute atomic E-state index is 12.4. The third-order valence-electron chi connectivity index (χ3n) is 5.14. The molecule has 0 N–H and O–H groups in total. The van der Waals surface area contributed by atoms with E-state index in [2.05, 4.69) is 27.7 Å². The van der Waals surface area contributed by atoms with Gasteiger partial charge in [-0.05, 0) is 49.0 Å². The first kappa shape index (κ1) is 11.9. The van der Waals surface area contributed by atoms with E-state index in [-0.39, 0.29) is 5.41 Å². The van der Waals surface area contributed by atoms with E-state index < -0.39 is 0 Å². The van der Waals surface area contributed by atoms with E-state index in [0.717, 1.165) is 5.92 Å². The molecule has 0 spiro atoms. The molecule has 0 aromatic heterocycles. The molecule has 1 nitrogen and oxygen atoms in total. The molecule has 0 radical (unpaired) electrons. The second-order valence-electron chi connectivity index (χ2n) is 6.31. The van der Waals surface area contributed by atoms with Crippen molar-refractivity contribution in [1.29, 1.82) is 0 Å². The maximum atomic E-state index is 12.4. The van der Waals surface area contributed by atoms with Crippen LogP contribution in [0.15, 0.2) is 12.2 Å². The second-order valence-corrected chi connectivity index (χ2v) is 6.31. The molecule has 16 heavy (non-hydrogen) atoms. The Hall–Kier alpha value is -0.590. The van der Waals surface area contributed by atoms with Gasteiger partial charge in [0.2, 0.25) is 0 Å². The van der Waals surface area contributed by atoms with Crippen molar-refractivity contribution in [2.75, 3.05) is 0 Å². The summed E-state index contributed by atoms with van der Waals surface area (Å²) in [4.78, 5) is 12.4. The van der Waals surface area contributed by atoms with Gasteiger partial charge in [-0.2, -0.15) is 0 Å². The summed E-state index contributed by atoms with van der Waals surface area (Å²) in [6.07, 6.45) is 7.81. The maximum Gasteiger partial charge on any atom is 0.161 e. The van der Waals surface area contributed by atoms with Crippen molar-refractivity contribution in [2.24, 2.45) is 29.1 Å². The van der Waals surface area contributed by atoms with Crippen molar-refractivity contribution in [1.82, 2.24) is 0 Å². The summed E-state index contributed by atoms with van der Waals surface area (Å²) < 4.78 is 0. The summed E-state index contributed by atoms with van der Waals surface area (Å²) in [5.74, 6) is 2.89. The smallest absolute Gasteiger partial charge is 0.161 e. The average Bonchev–Trinajstić information content (AvgIpc) is 2.79. The summed E-state index contributed by atoms with van der Waals surface area (Å²) in [5.41, 5.74) is -0.0612. The molecule has 4 unspecified atom stereocenters. The first-order chi connectivity index (χ1) is 7.46. The van der Waals surface area contributed by atoms with Crippen molar-refractivity contribution in [3.63, 3.8) is 0 Å². The third-order valence-corrected chi connectivity index (χ3v) is 5.14. The second kappa shape index (κ2) is 4.01. The van der Waals surface area contributed by atoms with Gasteiger partial charge in [0.25, 0.3) is 0 Å². The Labute approximate surface area is 99.3 Å². The predicted octanol–water partition coefficient (Wildman–Crippen LogP) is 3.84. The summed E-state index contributed by atoms with van der Waals surface area (Å²) in [6.45, 7) is 8.73. The molecule has 0 aromatic rings. The van der Waals surface area contributed by atoms with Gasteiger partial charge in [-0.1, -0.05) is 33.8 Å². The summed E-state index contributed by atoms with van der Waals surface area (Å²) in [5, 5.41) is 0. The lowest BCUT2D eigenvalue weighted by molar-refractivity contribution is -0.128. The van der Waals surface area contributed by atoms with Crippen LogP contribution in [0.2, 0.25) is 0 Å². The van der Waals surface area contributed by atoms with Crippen molar-refractivity contribution < 1.29 is 4.79 Å². The predicted molar refractivity (Wildman–Crippen MR) is 67.1 cm³/mol. The van der Waals surface area contributed by atoms with E-state index in [0.29, 0.717) is 23.5 Å². The van der Waals surface area contributed by atoms with E-state index in [4.69, 9.17) is 0 Å². The molecule has 0 saturated heterocycles. The highest BCUT2D eigenvalue weighted by atomic mass is 16.1. The number of carbonyl (C=O) groups excluding carboxylic acids is 1. The van der Waals surface area contributed by atoms with Gasteiger partial charge in [0.15, 0.2) is 5.78 Å². The Balaban J connectivity index is 2.16. The van der Waals surface area contributed by atoms with Crippen molar-refractivity contribution >= 4 is 5.78 Å². The van der Waals surface area contributed by atoms with Gasteiger partial charge < -0.3 is 0 Å². The van der Waals surface area contributed by atoms with E-state index >= 15 is 0 Å². The van der Waals surface area contributed by atoms with Crippen LogP contribution >= 0.6 is 0 Å². The largest absolute Gasteiger partial charge is 0.294 e. The number of allylic oxidation sites excluding steroid dienone is 2. The SMILES string of the molecule is CC(C)C=CC(=O)C1(C)C2CCC(C2)C1C. The van der Waals surface area contributed by atoms with Crippen molar-refractivity contribution in [3.8, 4) is 0 Å². The minimum atomic E-state index is -0.0612. The minimum Gasteiger partial charge on any atom is -0.294 e. The lowest BCUT2D eigenvalue weighted by atomic mass is 9.65. The van der Waals surface area contributed by atoms with Crippen molar-refractivity contribution in [2.45, 2.75) is 47.0 Å². The van der Waals surface area contributed by atoms with Gasteiger partial charge in [0, 0.05) is 5.41 Å². The molecule has 2 fully saturated rings. The van der Waals surface area contributed by atoms with Crippen LogP contribution in [0.5, 0.6) is 0 Å². The molecule has 2 aliphatic carbocycles. The average molecular weight is 220 g/mol. The number of fused-ring (bicyclic) bond motifs is 2. The Bertz CT molecular complexity index is 311. The first-order valence-electron chi connectivity index (χ1n) is 6.69. The highest BCUT2D eigenvalue weighted by Crippen LogP contribution is 2.59. The minimum absolute atomic E-state index is 0.0612. The van der Waals surface area contributed by atoms with Crippen LogP contribution in [0.1, 0.15) is 47.0 Å². The van der Waals surface area contributed by atoms with Gasteiger partial charge in [0.05, 0.1) is 0 Å². The number of hydrogen-bond donors (Lipinski definition) is 0. The van der Waals surface area contributed by atoms with Crippen molar-refractivity contribution in [3.05, 3.63) is 12.2 Å². The van der Waals surface area contributed by atoms with E-state index in [1.165, 1.54) is 19.3 Å². The first-order valence-corrected chi connectivity index (χ1v) is 6.69. The molecule has 2 aliphatic rings. The van der Waals surface area contributed by atoms with E-state index in [9.17, 15) is 4.79 Å². The Morgan fingerprint density at radius 2 is 2.06 bits per heavy atom. The van der Waals surface area contributed by atoms with E-state index in [1.54, 1.807) is 0 Å². The van der Waals surface area contributed by atoms with Gasteiger partial charge in [-0.25, -0.2) is 0 Å². The van der Waals surface area contributed by atoms with Crippen LogP contribution in [-0.4, -0.2) is 5.78 Å². The number of rotatable bonds is 3. The highest BCUT2D eigenvalue weighted by molar-refractivity contribution is 5.95. The zero-order valence-electron chi connectivity index (χ0n) is 11.0. The monoisotopic (exact) mass is 220 g/mol. The van der Waals surface area contributed by atoms with Crippen LogP contribution in [0.3, 0.4) is 0 Å². The van der Waals surface area contributed by atoms with Crippen LogP contribution in [-0.2, 0) is 4.79 Å². The molecule has 2 saturated carbocycles. The summed E-state index contributed by atoms with van der Waals surface area (Å²) >= 11 is 0. The molecular weight excluding hydrogens is 196 g/mol. The molecule has 1 heteroatoms. The van der Waals surface area contributed by atoms with E-state index in [1.807, 2.05) is 12.2 Å². The lowest BCUT2D eigenvalue weighted by Gasteiger charge is -2.37. The molecule has 0 aromatic carbocycles. The third kappa shape index (κ3) is 1.65. The molecule has 0 heterocycles. The summed E-state index contributed by atoms with van der Waals surface area (Å²) in [6, 6.07) is 0. The van der Waals surface area contributed by atoms with Gasteiger partial charge >= 0.3 is 0 Å². The quantitative estimate of drug-likeness (QED) is 0.660. The highest BCUT2D eigenvalue weighted by Gasteiger charge is 2.56. The Morgan fingerprint density at radius 1 is 1.38 bits per heavy atom. The van der Waals surface area contributed by atoms with Crippen LogP contribution < -0.4 is 0 Å². The number of carbonyl (C=O) groups is 1. The lowest BCUT2D eigenvalue weighted by Crippen LogP contribution is -2.38. The summed E-state index contributed by atoms with van der Waals surface area (Å²) in [7, 11) is 0. The molecule has 2 rings (SSSR count). The van der Waals surface area contributed by atoms with Crippen LogP contribution in [0.4, 0.5) is 0 Å². The molecule has 4 atom stereocenters.